The van der Waals surface area contributed by atoms with Gasteiger partial charge in [-0.05, 0) is 12.5 Å². The maximum absolute atomic E-state index is 5.40. The van der Waals surface area contributed by atoms with Crippen molar-refractivity contribution in [3.05, 3.63) is 24.8 Å². The minimum Gasteiger partial charge on any atom is -0.477 e. The van der Waals surface area contributed by atoms with E-state index in [2.05, 4.69) is 23.7 Å². The number of hydrogen-bond acceptors (Lipinski definition) is 4. The molecule has 3 nitrogen and oxygen atoms in total. The second-order valence-electron chi connectivity index (χ2n) is 3.01. The summed E-state index contributed by atoms with van der Waals surface area (Å²) in [5, 5.41) is 8.91. The molecule has 0 saturated heterocycles. The molecule has 1 aromatic heterocycles. The van der Waals surface area contributed by atoms with E-state index in [4.69, 9.17) is 4.74 Å². The van der Waals surface area contributed by atoms with Crippen LogP contribution in [-0.4, -0.2) is 22.6 Å². The Morgan fingerprint density at radius 1 is 1.47 bits per heavy atom. The predicted octanol–water partition coefficient (Wildman–Crippen LogP) is 2.93. The van der Waals surface area contributed by atoms with E-state index in [-0.39, 0.29) is 0 Å². The Morgan fingerprint density at radius 2 is 2.33 bits per heavy atom. The first kappa shape index (κ1) is 12.0. The van der Waals surface area contributed by atoms with Crippen LogP contribution in [0, 0.1) is 0 Å². The van der Waals surface area contributed by atoms with Crippen LogP contribution in [0.5, 0.6) is 5.88 Å². The summed E-state index contributed by atoms with van der Waals surface area (Å²) in [7, 11) is 0. The van der Waals surface area contributed by atoms with Crippen LogP contribution in [0.1, 0.15) is 19.8 Å². The van der Waals surface area contributed by atoms with Crippen molar-refractivity contribution >= 4 is 11.8 Å². The van der Waals surface area contributed by atoms with E-state index in [0.29, 0.717) is 12.5 Å². The van der Waals surface area contributed by atoms with Gasteiger partial charge in [-0.25, -0.2) is 0 Å². The number of rotatable bonds is 7. The fourth-order valence-electron chi connectivity index (χ4n) is 0.927. The summed E-state index contributed by atoms with van der Waals surface area (Å²) in [5.41, 5.74) is 0. The van der Waals surface area contributed by atoms with Crippen molar-refractivity contribution < 1.29 is 4.74 Å². The van der Waals surface area contributed by atoms with Crippen LogP contribution in [0.3, 0.4) is 0 Å². The van der Waals surface area contributed by atoms with Crippen LogP contribution >= 0.6 is 11.8 Å². The Kier molecular flexibility index (Phi) is 5.85. The molecule has 4 heteroatoms. The lowest BCUT2D eigenvalue weighted by Crippen LogP contribution is -1.99. The van der Waals surface area contributed by atoms with E-state index in [0.717, 1.165) is 23.6 Å². The molecule has 0 aliphatic carbocycles. The summed E-state index contributed by atoms with van der Waals surface area (Å²) in [4.78, 5) is 0. The van der Waals surface area contributed by atoms with E-state index in [1.807, 2.05) is 18.2 Å². The van der Waals surface area contributed by atoms with Crippen LogP contribution in [0.25, 0.3) is 0 Å². The zero-order valence-corrected chi connectivity index (χ0v) is 9.80. The van der Waals surface area contributed by atoms with Gasteiger partial charge in [0.15, 0.2) is 0 Å². The first-order valence-corrected chi connectivity index (χ1v) is 6.05. The Labute approximate surface area is 94.9 Å². The van der Waals surface area contributed by atoms with E-state index in [1.165, 1.54) is 0 Å². The zero-order chi connectivity index (χ0) is 10.9. The topological polar surface area (TPSA) is 35.0 Å². The lowest BCUT2D eigenvalue weighted by molar-refractivity contribution is 0.293. The molecular weight excluding hydrogens is 208 g/mol. The molecule has 0 aliphatic heterocycles. The van der Waals surface area contributed by atoms with E-state index < -0.39 is 0 Å². The van der Waals surface area contributed by atoms with Gasteiger partial charge in [-0.3, -0.25) is 0 Å². The van der Waals surface area contributed by atoms with Crippen LogP contribution < -0.4 is 4.74 Å². The van der Waals surface area contributed by atoms with E-state index >= 15 is 0 Å². The molecule has 0 radical (unpaired) electrons. The smallest absolute Gasteiger partial charge is 0.233 e. The summed E-state index contributed by atoms with van der Waals surface area (Å²) in [5.74, 6) is 1.46. The first-order valence-electron chi connectivity index (χ1n) is 5.07. The number of nitrogens with zero attached hydrogens (tertiary/aromatic N) is 2. The van der Waals surface area contributed by atoms with Gasteiger partial charge in [-0.2, -0.15) is 0 Å². The molecule has 15 heavy (non-hydrogen) atoms. The van der Waals surface area contributed by atoms with Gasteiger partial charge in [0.1, 0.15) is 5.03 Å². The molecule has 82 valence electrons. The molecule has 0 atom stereocenters. The van der Waals surface area contributed by atoms with Crippen molar-refractivity contribution in [3.63, 3.8) is 0 Å². The van der Waals surface area contributed by atoms with Gasteiger partial charge >= 0.3 is 0 Å². The normalized spacial score (nSPS) is 9.93. The minimum atomic E-state index is 0.603. The van der Waals surface area contributed by atoms with Gasteiger partial charge in [-0.1, -0.05) is 19.4 Å². The zero-order valence-electron chi connectivity index (χ0n) is 8.98. The Bertz CT molecular complexity index is 287. The van der Waals surface area contributed by atoms with E-state index in [1.54, 1.807) is 11.8 Å². The molecule has 0 saturated carbocycles. The number of thioether (sulfide) groups is 1. The molecule has 0 spiro atoms. The third-order valence-electron chi connectivity index (χ3n) is 1.71. The lowest BCUT2D eigenvalue weighted by atomic mass is 10.4. The third-order valence-corrected chi connectivity index (χ3v) is 2.63. The minimum absolute atomic E-state index is 0.603. The SMILES string of the molecule is C=CCSc1ccc(OCCCC)nn1. The second kappa shape index (κ2) is 7.29. The van der Waals surface area contributed by atoms with Gasteiger partial charge in [-0.15, -0.1) is 28.5 Å². The van der Waals surface area contributed by atoms with Gasteiger partial charge in [0.2, 0.25) is 5.88 Å². The summed E-state index contributed by atoms with van der Waals surface area (Å²) in [6.07, 6.45) is 4.02. The predicted molar refractivity (Wildman–Crippen MR) is 63.4 cm³/mol. The number of unbranched alkanes of at least 4 members (excludes halogenated alkanes) is 1. The van der Waals surface area contributed by atoms with Gasteiger partial charge < -0.3 is 4.74 Å². The molecule has 0 aromatic carbocycles. The van der Waals surface area contributed by atoms with Crippen LogP contribution in [0.4, 0.5) is 0 Å². The molecule has 1 aromatic rings. The summed E-state index contributed by atoms with van der Waals surface area (Å²) < 4.78 is 5.40. The third kappa shape index (κ3) is 4.83. The number of hydrogen-bond donors (Lipinski definition) is 0. The molecule has 1 rings (SSSR count). The average Bonchev–Trinajstić information content (AvgIpc) is 2.28. The van der Waals surface area contributed by atoms with Crippen molar-refractivity contribution in [1.82, 2.24) is 10.2 Å². The fraction of sp³-hybridized carbons (Fsp3) is 0.455. The highest BCUT2D eigenvalue weighted by molar-refractivity contribution is 7.99. The van der Waals surface area contributed by atoms with Crippen molar-refractivity contribution in [2.24, 2.45) is 0 Å². The fourth-order valence-corrected chi connectivity index (χ4v) is 1.48. The molecular formula is C11H16N2OS. The number of ether oxygens (including phenoxy) is 1. The van der Waals surface area contributed by atoms with E-state index in [9.17, 15) is 0 Å². The Hall–Kier alpha value is -1.03. The van der Waals surface area contributed by atoms with Crippen LogP contribution in [0.2, 0.25) is 0 Å². The van der Waals surface area contributed by atoms with Gasteiger partial charge in [0, 0.05) is 11.8 Å². The van der Waals surface area contributed by atoms with Crippen LogP contribution in [0.15, 0.2) is 29.8 Å². The molecule has 1 heterocycles. The summed E-state index contributed by atoms with van der Waals surface area (Å²) >= 11 is 1.61. The highest BCUT2D eigenvalue weighted by Crippen LogP contribution is 2.15. The molecule has 0 aliphatic rings. The maximum atomic E-state index is 5.40. The average molecular weight is 224 g/mol. The van der Waals surface area contributed by atoms with Crippen molar-refractivity contribution in [3.8, 4) is 5.88 Å². The highest BCUT2D eigenvalue weighted by Gasteiger charge is 1.98. The molecule has 0 amide bonds. The Morgan fingerprint density at radius 3 is 2.93 bits per heavy atom. The van der Waals surface area contributed by atoms with Crippen molar-refractivity contribution in [2.75, 3.05) is 12.4 Å². The molecule has 0 N–H and O–H groups in total. The lowest BCUT2D eigenvalue weighted by Gasteiger charge is -2.03. The number of aromatic nitrogens is 2. The first-order chi connectivity index (χ1) is 7.36. The van der Waals surface area contributed by atoms with Crippen molar-refractivity contribution in [2.45, 2.75) is 24.8 Å². The van der Waals surface area contributed by atoms with Gasteiger partial charge in [0.05, 0.1) is 6.61 Å². The van der Waals surface area contributed by atoms with Gasteiger partial charge in [0.25, 0.3) is 0 Å². The van der Waals surface area contributed by atoms with Crippen molar-refractivity contribution in [1.29, 1.82) is 0 Å². The Balaban J connectivity index is 2.38. The standard InChI is InChI=1S/C11H16N2OS/c1-3-5-8-14-10-6-7-11(13-12-10)15-9-4-2/h4,6-7H,2-3,5,8-9H2,1H3. The molecule has 0 bridgehead atoms. The summed E-state index contributed by atoms with van der Waals surface area (Å²) in [6, 6.07) is 3.77. The highest BCUT2D eigenvalue weighted by atomic mass is 32.2. The maximum Gasteiger partial charge on any atom is 0.233 e. The molecule has 0 unspecified atom stereocenters. The summed E-state index contributed by atoms with van der Waals surface area (Å²) in [6.45, 7) is 6.49. The molecule has 0 fully saturated rings. The quantitative estimate of drug-likeness (QED) is 0.405. The monoisotopic (exact) mass is 224 g/mol. The van der Waals surface area contributed by atoms with Crippen LogP contribution in [-0.2, 0) is 0 Å². The largest absolute Gasteiger partial charge is 0.477 e. The second-order valence-corrected chi connectivity index (χ2v) is 4.05.